The minimum Gasteiger partial charge on any atom is -0.321 e. The fourth-order valence-electron chi connectivity index (χ4n) is 3.38. The van der Waals surface area contributed by atoms with Crippen molar-refractivity contribution in [2.45, 2.75) is 0 Å². The average Bonchev–Trinajstić information content (AvgIpc) is 2.77. The molecular weight excluding hydrogens is 406 g/mol. The summed E-state index contributed by atoms with van der Waals surface area (Å²) in [5.74, 6) is -1.75. The number of nitrogens with one attached hydrogen (secondary N) is 1. The molecule has 0 fully saturated rings. The number of nitro benzene ring substituents is 2. The van der Waals surface area contributed by atoms with Crippen molar-refractivity contribution < 1.29 is 24.2 Å². The third-order valence-corrected chi connectivity index (χ3v) is 4.79. The average molecular weight is 417 g/mol. The van der Waals surface area contributed by atoms with Gasteiger partial charge in [-0.2, -0.15) is 0 Å². The zero-order chi connectivity index (χ0) is 22.3. The molecule has 10 heteroatoms. The third kappa shape index (κ3) is 3.31. The Morgan fingerprint density at radius 3 is 1.87 bits per heavy atom. The fraction of sp³-hybridized carbons (Fsp3) is 0. The fourth-order valence-corrected chi connectivity index (χ4v) is 3.38. The standard InChI is InChI=1S/C21H11N3O7/c25-19-14-4-1-2-5-15(14)20(26)18-16(19)6-3-7-17(18)22-21(27)11-8-12(23(28)29)10-13(9-11)24(30)31/h1-10H,(H,22,27). The maximum Gasteiger partial charge on any atom is 0.277 e. The molecular formula is C21H11N3O7. The van der Waals surface area contributed by atoms with Crippen molar-refractivity contribution in [1.82, 2.24) is 0 Å². The number of ketones is 2. The number of nitrogens with zero attached hydrogens (tertiary/aromatic N) is 2. The van der Waals surface area contributed by atoms with E-state index in [1.807, 2.05) is 0 Å². The monoisotopic (exact) mass is 417 g/mol. The van der Waals surface area contributed by atoms with Crippen LogP contribution in [0.3, 0.4) is 0 Å². The summed E-state index contributed by atoms with van der Waals surface area (Å²) in [6, 6.07) is 13.1. The molecule has 31 heavy (non-hydrogen) atoms. The van der Waals surface area contributed by atoms with Crippen LogP contribution >= 0.6 is 0 Å². The van der Waals surface area contributed by atoms with E-state index in [4.69, 9.17) is 0 Å². The second-order valence-corrected chi connectivity index (χ2v) is 6.64. The first-order valence-corrected chi connectivity index (χ1v) is 8.84. The third-order valence-electron chi connectivity index (χ3n) is 4.79. The van der Waals surface area contributed by atoms with E-state index in [1.54, 1.807) is 12.1 Å². The molecule has 0 unspecified atom stereocenters. The first-order chi connectivity index (χ1) is 14.8. The molecule has 0 spiro atoms. The van der Waals surface area contributed by atoms with Crippen LogP contribution in [-0.2, 0) is 0 Å². The Hall–Kier alpha value is -4.73. The van der Waals surface area contributed by atoms with E-state index in [2.05, 4.69) is 5.32 Å². The summed E-state index contributed by atoms with van der Waals surface area (Å²) in [6.07, 6.45) is 0. The molecule has 0 bridgehead atoms. The van der Waals surface area contributed by atoms with E-state index in [1.165, 1.54) is 30.3 Å². The van der Waals surface area contributed by atoms with Gasteiger partial charge >= 0.3 is 0 Å². The summed E-state index contributed by atoms with van der Waals surface area (Å²) in [7, 11) is 0. The number of hydrogen-bond acceptors (Lipinski definition) is 7. The number of hydrogen-bond donors (Lipinski definition) is 1. The lowest BCUT2D eigenvalue weighted by Crippen LogP contribution is -2.24. The van der Waals surface area contributed by atoms with Crippen molar-refractivity contribution in [3.05, 3.63) is 109 Å². The van der Waals surface area contributed by atoms with Crippen LogP contribution in [0.15, 0.2) is 60.7 Å². The molecule has 0 heterocycles. The molecule has 0 saturated carbocycles. The van der Waals surface area contributed by atoms with Gasteiger partial charge in [-0.15, -0.1) is 0 Å². The Morgan fingerprint density at radius 1 is 0.742 bits per heavy atom. The highest BCUT2D eigenvalue weighted by Crippen LogP contribution is 2.32. The number of anilines is 1. The zero-order valence-corrected chi connectivity index (χ0v) is 15.5. The van der Waals surface area contributed by atoms with E-state index in [9.17, 15) is 34.6 Å². The molecule has 3 aromatic carbocycles. The van der Waals surface area contributed by atoms with Gasteiger partial charge in [-0.05, 0) is 6.07 Å². The molecule has 0 saturated heterocycles. The Bertz CT molecular complexity index is 1300. The molecule has 10 nitrogen and oxygen atoms in total. The summed E-state index contributed by atoms with van der Waals surface area (Å²) in [4.78, 5) is 58.9. The number of rotatable bonds is 4. The van der Waals surface area contributed by atoms with Crippen LogP contribution in [0, 0.1) is 20.2 Å². The summed E-state index contributed by atoms with van der Waals surface area (Å²) >= 11 is 0. The minimum atomic E-state index is -0.903. The summed E-state index contributed by atoms with van der Waals surface area (Å²) < 4.78 is 0. The topological polar surface area (TPSA) is 150 Å². The van der Waals surface area contributed by atoms with Gasteiger partial charge in [0.15, 0.2) is 11.6 Å². The predicted molar refractivity (Wildman–Crippen MR) is 107 cm³/mol. The van der Waals surface area contributed by atoms with Crippen molar-refractivity contribution >= 4 is 34.5 Å². The number of benzene rings is 3. The van der Waals surface area contributed by atoms with E-state index in [0.29, 0.717) is 0 Å². The van der Waals surface area contributed by atoms with Gasteiger partial charge in [0.1, 0.15) is 0 Å². The van der Waals surface area contributed by atoms with Gasteiger partial charge in [-0.1, -0.05) is 36.4 Å². The van der Waals surface area contributed by atoms with Crippen LogP contribution in [0.5, 0.6) is 0 Å². The smallest absolute Gasteiger partial charge is 0.277 e. The van der Waals surface area contributed by atoms with Crippen LogP contribution in [0.4, 0.5) is 17.1 Å². The van der Waals surface area contributed by atoms with Crippen LogP contribution in [0.2, 0.25) is 0 Å². The summed E-state index contributed by atoms with van der Waals surface area (Å²) in [5, 5.41) is 24.6. The van der Waals surface area contributed by atoms with Gasteiger partial charge < -0.3 is 5.32 Å². The SMILES string of the molecule is O=C(Nc1cccc2c1C(=O)c1ccccc1C2=O)c1cc([N+](=O)[O-])cc([N+](=O)[O-])c1. The molecule has 0 atom stereocenters. The number of non-ortho nitro benzene ring substituents is 2. The second kappa shape index (κ2) is 7.26. The highest BCUT2D eigenvalue weighted by atomic mass is 16.6. The summed E-state index contributed by atoms with van der Waals surface area (Å²) in [5.41, 5.74) is -1.06. The van der Waals surface area contributed by atoms with Gasteiger partial charge in [0.2, 0.25) is 0 Å². The van der Waals surface area contributed by atoms with Crippen molar-refractivity contribution in [3.8, 4) is 0 Å². The van der Waals surface area contributed by atoms with Gasteiger partial charge in [-0.25, -0.2) is 0 Å². The molecule has 1 N–H and O–H groups in total. The predicted octanol–water partition coefficient (Wildman–Crippen LogP) is 3.53. The lowest BCUT2D eigenvalue weighted by Gasteiger charge is -2.20. The molecule has 4 rings (SSSR count). The normalized spacial score (nSPS) is 12.0. The highest BCUT2D eigenvalue weighted by molar-refractivity contribution is 6.30. The van der Waals surface area contributed by atoms with E-state index in [-0.39, 0.29) is 39.3 Å². The van der Waals surface area contributed by atoms with Crippen molar-refractivity contribution in [2.24, 2.45) is 0 Å². The first-order valence-electron chi connectivity index (χ1n) is 8.84. The Morgan fingerprint density at radius 2 is 1.29 bits per heavy atom. The Balaban J connectivity index is 1.76. The second-order valence-electron chi connectivity index (χ2n) is 6.64. The summed E-state index contributed by atoms with van der Waals surface area (Å²) in [6.45, 7) is 0. The van der Waals surface area contributed by atoms with E-state index >= 15 is 0 Å². The molecule has 0 aromatic heterocycles. The molecule has 1 amide bonds. The van der Waals surface area contributed by atoms with Gasteiger partial charge in [0, 0.05) is 28.8 Å². The van der Waals surface area contributed by atoms with E-state index < -0.39 is 32.9 Å². The molecule has 0 aliphatic heterocycles. The van der Waals surface area contributed by atoms with Gasteiger partial charge in [-0.3, -0.25) is 34.6 Å². The Kier molecular flexibility index (Phi) is 4.59. The molecule has 0 radical (unpaired) electrons. The maximum absolute atomic E-state index is 13.0. The molecule has 1 aliphatic rings. The molecule has 3 aromatic rings. The first kappa shape index (κ1) is 19.6. The zero-order valence-electron chi connectivity index (χ0n) is 15.5. The lowest BCUT2D eigenvalue weighted by molar-refractivity contribution is -0.394. The molecule has 152 valence electrons. The number of amides is 1. The largest absolute Gasteiger partial charge is 0.321 e. The van der Waals surface area contributed by atoms with E-state index in [0.717, 1.165) is 18.2 Å². The van der Waals surface area contributed by atoms with Crippen LogP contribution in [0.1, 0.15) is 42.2 Å². The quantitative estimate of drug-likeness (QED) is 0.394. The lowest BCUT2D eigenvalue weighted by atomic mass is 9.83. The molecule has 1 aliphatic carbocycles. The van der Waals surface area contributed by atoms with Crippen molar-refractivity contribution in [1.29, 1.82) is 0 Å². The van der Waals surface area contributed by atoms with Gasteiger partial charge in [0.25, 0.3) is 17.3 Å². The maximum atomic E-state index is 13.0. The van der Waals surface area contributed by atoms with Crippen molar-refractivity contribution in [3.63, 3.8) is 0 Å². The number of fused-ring (bicyclic) bond motifs is 2. The number of nitro groups is 2. The van der Waals surface area contributed by atoms with Gasteiger partial charge in [0.05, 0.1) is 32.7 Å². The minimum absolute atomic E-state index is 0.0144. The Labute approximate surface area is 173 Å². The number of carbonyl (C=O) groups is 3. The van der Waals surface area contributed by atoms with Crippen LogP contribution < -0.4 is 5.32 Å². The van der Waals surface area contributed by atoms with Crippen LogP contribution in [-0.4, -0.2) is 27.3 Å². The highest BCUT2D eigenvalue weighted by Gasteiger charge is 2.32. The van der Waals surface area contributed by atoms with Crippen LogP contribution in [0.25, 0.3) is 0 Å². The number of carbonyl (C=O) groups excluding carboxylic acids is 3. The van der Waals surface area contributed by atoms with Crippen molar-refractivity contribution in [2.75, 3.05) is 5.32 Å².